The number of hydrogen-bond acceptors (Lipinski definition) is 2. The van der Waals surface area contributed by atoms with E-state index in [0.717, 1.165) is 19.3 Å². The van der Waals surface area contributed by atoms with Crippen molar-refractivity contribution in [2.75, 3.05) is 6.54 Å². The molecule has 0 rings (SSSR count). The van der Waals surface area contributed by atoms with Crippen LogP contribution in [0.25, 0.3) is 0 Å². The fourth-order valence-electron chi connectivity index (χ4n) is 1.37. The SMILES string of the molecule is CC(C)=CCCC(C)CCC[N+](=O)[O-]. The summed E-state index contributed by atoms with van der Waals surface area (Å²) < 4.78 is 0. The molecule has 0 radical (unpaired) electrons. The first-order chi connectivity index (χ1) is 6.52. The van der Waals surface area contributed by atoms with Crippen LogP contribution in [0.3, 0.4) is 0 Å². The third kappa shape index (κ3) is 9.23. The Labute approximate surface area is 86.4 Å². The summed E-state index contributed by atoms with van der Waals surface area (Å²) in [5.41, 5.74) is 1.35. The molecule has 0 aliphatic heterocycles. The van der Waals surface area contributed by atoms with Gasteiger partial charge in [0.2, 0.25) is 6.54 Å². The Kier molecular flexibility index (Phi) is 7.07. The Balaban J connectivity index is 3.41. The van der Waals surface area contributed by atoms with Gasteiger partial charge in [-0.3, -0.25) is 10.1 Å². The third-order valence-corrected chi connectivity index (χ3v) is 2.25. The van der Waals surface area contributed by atoms with Crippen LogP contribution in [-0.2, 0) is 0 Å². The fraction of sp³-hybridized carbons (Fsp3) is 0.818. The minimum atomic E-state index is -0.233. The van der Waals surface area contributed by atoms with E-state index in [2.05, 4.69) is 26.8 Å². The molecule has 1 unspecified atom stereocenters. The van der Waals surface area contributed by atoms with Crippen molar-refractivity contribution in [1.29, 1.82) is 0 Å². The normalized spacial score (nSPS) is 12.2. The van der Waals surface area contributed by atoms with Crippen molar-refractivity contribution in [2.24, 2.45) is 5.92 Å². The zero-order valence-corrected chi connectivity index (χ0v) is 9.45. The van der Waals surface area contributed by atoms with Gasteiger partial charge in [0, 0.05) is 11.3 Å². The number of nitro groups is 1. The summed E-state index contributed by atoms with van der Waals surface area (Å²) in [6.07, 6.45) is 6.15. The second-order valence-electron chi connectivity index (χ2n) is 4.16. The van der Waals surface area contributed by atoms with E-state index in [1.807, 2.05) is 0 Å². The van der Waals surface area contributed by atoms with Gasteiger partial charge < -0.3 is 0 Å². The van der Waals surface area contributed by atoms with Gasteiger partial charge in [-0.25, -0.2) is 0 Å². The van der Waals surface area contributed by atoms with Gasteiger partial charge >= 0.3 is 0 Å². The van der Waals surface area contributed by atoms with Crippen LogP contribution in [0.2, 0.25) is 0 Å². The molecule has 0 heterocycles. The standard InChI is InChI=1S/C11H21NO2/c1-10(2)6-4-7-11(3)8-5-9-12(13)14/h6,11H,4-5,7-9H2,1-3H3. The van der Waals surface area contributed by atoms with Crippen molar-refractivity contribution < 1.29 is 4.92 Å². The van der Waals surface area contributed by atoms with Crippen LogP contribution in [0.15, 0.2) is 11.6 Å². The number of nitrogens with zero attached hydrogens (tertiary/aromatic N) is 1. The van der Waals surface area contributed by atoms with Crippen molar-refractivity contribution in [1.82, 2.24) is 0 Å². The average molecular weight is 199 g/mol. The topological polar surface area (TPSA) is 43.1 Å². The van der Waals surface area contributed by atoms with E-state index in [1.54, 1.807) is 0 Å². The molecule has 1 atom stereocenters. The Morgan fingerprint density at radius 2 is 2.07 bits per heavy atom. The highest BCUT2D eigenvalue weighted by molar-refractivity contribution is 4.92. The van der Waals surface area contributed by atoms with Gasteiger partial charge in [-0.1, -0.05) is 18.6 Å². The van der Waals surface area contributed by atoms with Crippen molar-refractivity contribution >= 4 is 0 Å². The van der Waals surface area contributed by atoms with Crippen LogP contribution in [0, 0.1) is 16.0 Å². The maximum Gasteiger partial charge on any atom is 0.203 e. The monoisotopic (exact) mass is 199 g/mol. The quantitative estimate of drug-likeness (QED) is 0.358. The fourth-order valence-corrected chi connectivity index (χ4v) is 1.37. The Bertz CT molecular complexity index is 195. The first kappa shape index (κ1) is 13.1. The molecule has 0 aromatic rings. The Hall–Kier alpha value is -0.860. The van der Waals surface area contributed by atoms with E-state index in [4.69, 9.17) is 0 Å². The van der Waals surface area contributed by atoms with Gasteiger partial charge in [-0.2, -0.15) is 0 Å². The highest BCUT2D eigenvalue weighted by Crippen LogP contribution is 2.13. The summed E-state index contributed by atoms with van der Waals surface area (Å²) in [6, 6.07) is 0. The summed E-state index contributed by atoms with van der Waals surface area (Å²) in [5.74, 6) is 0.602. The van der Waals surface area contributed by atoms with Gasteiger partial charge in [0.1, 0.15) is 0 Å². The van der Waals surface area contributed by atoms with Crippen LogP contribution in [0.1, 0.15) is 46.5 Å². The molecule has 0 saturated heterocycles. The molecular formula is C11H21NO2. The lowest BCUT2D eigenvalue weighted by atomic mass is 9.99. The van der Waals surface area contributed by atoms with Gasteiger partial charge in [-0.15, -0.1) is 0 Å². The van der Waals surface area contributed by atoms with Crippen LogP contribution < -0.4 is 0 Å². The second kappa shape index (κ2) is 7.54. The molecule has 0 bridgehead atoms. The number of rotatable bonds is 7. The molecule has 82 valence electrons. The minimum absolute atomic E-state index is 0.118. The molecule has 0 aromatic carbocycles. The van der Waals surface area contributed by atoms with E-state index in [0.29, 0.717) is 12.3 Å². The van der Waals surface area contributed by atoms with E-state index < -0.39 is 0 Å². The van der Waals surface area contributed by atoms with Crippen molar-refractivity contribution in [3.8, 4) is 0 Å². The molecule has 3 nitrogen and oxygen atoms in total. The predicted molar refractivity (Wildman–Crippen MR) is 58.9 cm³/mol. The number of allylic oxidation sites excluding steroid dienone is 2. The second-order valence-corrected chi connectivity index (χ2v) is 4.16. The van der Waals surface area contributed by atoms with Crippen LogP contribution in [0.4, 0.5) is 0 Å². The zero-order chi connectivity index (χ0) is 11.0. The zero-order valence-electron chi connectivity index (χ0n) is 9.45. The van der Waals surface area contributed by atoms with Gasteiger partial charge in [0.25, 0.3) is 0 Å². The van der Waals surface area contributed by atoms with E-state index in [1.165, 1.54) is 5.57 Å². The van der Waals surface area contributed by atoms with Crippen molar-refractivity contribution in [2.45, 2.75) is 46.5 Å². The van der Waals surface area contributed by atoms with E-state index >= 15 is 0 Å². The van der Waals surface area contributed by atoms with Crippen molar-refractivity contribution in [3.63, 3.8) is 0 Å². The summed E-state index contributed by atoms with van der Waals surface area (Å²) in [4.78, 5) is 9.85. The average Bonchev–Trinajstić information content (AvgIpc) is 2.02. The molecule has 0 N–H and O–H groups in total. The first-order valence-electron chi connectivity index (χ1n) is 5.27. The lowest BCUT2D eigenvalue weighted by molar-refractivity contribution is -0.480. The predicted octanol–water partition coefficient (Wildman–Crippen LogP) is 3.43. The molecule has 3 heteroatoms. The van der Waals surface area contributed by atoms with Crippen LogP contribution in [0.5, 0.6) is 0 Å². The molecule has 0 aromatic heterocycles. The molecule has 0 fully saturated rings. The summed E-state index contributed by atoms with van der Waals surface area (Å²) in [5, 5.41) is 10.1. The highest BCUT2D eigenvalue weighted by Gasteiger charge is 2.03. The highest BCUT2D eigenvalue weighted by atomic mass is 16.6. The molecule has 0 amide bonds. The summed E-state index contributed by atoms with van der Waals surface area (Å²) >= 11 is 0. The molecule has 0 saturated carbocycles. The summed E-state index contributed by atoms with van der Waals surface area (Å²) in [7, 11) is 0. The molecule has 0 aliphatic rings. The molecular weight excluding hydrogens is 178 g/mol. The van der Waals surface area contributed by atoms with Gasteiger partial charge in [0.15, 0.2) is 0 Å². The van der Waals surface area contributed by atoms with E-state index in [-0.39, 0.29) is 11.5 Å². The molecule has 0 spiro atoms. The van der Waals surface area contributed by atoms with Gasteiger partial charge in [0.05, 0.1) is 0 Å². The smallest absolute Gasteiger partial charge is 0.203 e. The summed E-state index contributed by atoms with van der Waals surface area (Å²) in [6.45, 7) is 6.47. The maximum atomic E-state index is 10.1. The number of hydrogen-bond donors (Lipinski definition) is 0. The van der Waals surface area contributed by atoms with Crippen LogP contribution in [-0.4, -0.2) is 11.5 Å². The lowest BCUT2D eigenvalue weighted by Gasteiger charge is -2.07. The Morgan fingerprint density at radius 1 is 1.43 bits per heavy atom. The van der Waals surface area contributed by atoms with Crippen LogP contribution >= 0.6 is 0 Å². The maximum absolute atomic E-state index is 10.1. The van der Waals surface area contributed by atoms with Gasteiger partial charge in [-0.05, 0) is 39.0 Å². The third-order valence-electron chi connectivity index (χ3n) is 2.25. The van der Waals surface area contributed by atoms with E-state index in [9.17, 15) is 10.1 Å². The molecule has 14 heavy (non-hydrogen) atoms. The van der Waals surface area contributed by atoms with Crippen molar-refractivity contribution in [3.05, 3.63) is 21.8 Å². The first-order valence-corrected chi connectivity index (χ1v) is 5.27. The Morgan fingerprint density at radius 3 is 2.57 bits per heavy atom. The minimum Gasteiger partial charge on any atom is -0.265 e. The molecule has 0 aliphatic carbocycles. The largest absolute Gasteiger partial charge is 0.265 e. The lowest BCUT2D eigenvalue weighted by Crippen LogP contribution is -2.03.